The molecule has 6 heteroatoms. The summed E-state index contributed by atoms with van der Waals surface area (Å²) in [4.78, 5) is 21.5. The number of piperidine rings is 1. The molecule has 1 aromatic carbocycles. The molecule has 2 aromatic rings. The van der Waals surface area contributed by atoms with Crippen LogP contribution in [-0.4, -0.2) is 52.9 Å². The molecule has 1 aromatic heterocycles. The maximum atomic E-state index is 12.4. The van der Waals surface area contributed by atoms with Gasteiger partial charge in [-0.15, -0.1) is 11.3 Å². The van der Waals surface area contributed by atoms with Crippen LogP contribution in [0.25, 0.3) is 0 Å². The predicted molar refractivity (Wildman–Crippen MR) is 114 cm³/mol. The number of hydrogen-bond donors (Lipinski definition) is 1. The number of likely N-dealkylation sites (tertiary alicyclic amines) is 2. The first kappa shape index (κ1) is 19.6. The van der Waals surface area contributed by atoms with E-state index in [1.54, 1.807) is 6.20 Å². The van der Waals surface area contributed by atoms with E-state index in [1.165, 1.54) is 29.7 Å². The third-order valence-corrected chi connectivity index (χ3v) is 6.85. The summed E-state index contributed by atoms with van der Waals surface area (Å²) in [5, 5.41) is 5.50. The molecular weight excluding hydrogens is 368 g/mol. The van der Waals surface area contributed by atoms with Gasteiger partial charge in [0, 0.05) is 30.7 Å². The SMILES string of the molecule is CC1(C)CN(CC(=O)Nc2nccs2)C1C1CCN(Cc2ccccc2)CC1. The van der Waals surface area contributed by atoms with E-state index in [-0.39, 0.29) is 11.3 Å². The Labute approximate surface area is 171 Å². The van der Waals surface area contributed by atoms with E-state index in [9.17, 15) is 4.79 Å². The Morgan fingerprint density at radius 2 is 2.00 bits per heavy atom. The Morgan fingerprint density at radius 1 is 1.25 bits per heavy atom. The minimum Gasteiger partial charge on any atom is -0.301 e. The lowest BCUT2D eigenvalue weighted by Crippen LogP contribution is -2.66. The normalized spacial score (nSPS) is 23.3. The molecule has 2 fully saturated rings. The Hall–Kier alpha value is -1.76. The number of anilines is 1. The van der Waals surface area contributed by atoms with Crippen molar-refractivity contribution in [1.82, 2.24) is 14.8 Å². The molecule has 5 nitrogen and oxygen atoms in total. The Morgan fingerprint density at radius 3 is 2.64 bits per heavy atom. The predicted octanol–water partition coefficient (Wildman–Crippen LogP) is 3.70. The van der Waals surface area contributed by atoms with Crippen molar-refractivity contribution in [1.29, 1.82) is 0 Å². The van der Waals surface area contributed by atoms with Crippen LogP contribution in [0.2, 0.25) is 0 Å². The van der Waals surface area contributed by atoms with Gasteiger partial charge < -0.3 is 5.32 Å². The van der Waals surface area contributed by atoms with Crippen LogP contribution < -0.4 is 5.32 Å². The molecule has 1 unspecified atom stereocenters. The molecule has 1 N–H and O–H groups in total. The van der Waals surface area contributed by atoms with Gasteiger partial charge in [-0.25, -0.2) is 4.98 Å². The van der Waals surface area contributed by atoms with E-state index >= 15 is 0 Å². The number of thiazole rings is 1. The van der Waals surface area contributed by atoms with Gasteiger partial charge in [0.05, 0.1) is 6.54 Å². The summed E-state index contributed by atoms with van der Waals surface area (Å²) >= 11 is 1.47. The summed E-state index contributed by atoms with van der Waals surface area (Å²) < 4.78 is 0. The minimum atomic E-state index is 0.0527. The van der Waals surface area contributed by atoms with Crippen molar-refractivity contribution >= 4 is 22.4 Å². The fourth-order valence-electron chi connectivity index (χ4n) is 5.08. The molecule has 2 saturated heterocycles. The zero-order chi connectivity index (χ0) is 19.6. The average Bonchev–Trinajstić information content (AvgIpc) is 3.16. The second-order valence-corrected chi connectivity index (χ2v) is 9.72. The van der Waals surface area contributed by atoms with Crippen molar-refractivity contribution in [2.45, 2.75) is 39.3 Å². The maximum Gasteiger partial charge on any atom is 0.240 e. The summed E-state index contributed by atoms with van der Waals surface area (Å²) in [5.41, 5.74) is 1.68. The number of hydrogen-bond acceptors (Lipinski definition) is 5. The van der Waals surface area contributed by atoms with Crippen molar-refractivity contribution in [3.05, 3.63) is 47.5 Å². The fraction of sp³-hybridized carbons (Fsp3) is 0.545. The highest BCUT2D eigenvalue weighted by atomic mass is 32.1. The number of nitrogens with zero attached hydrogens (tertiary/aromatic N) is 3. The van der Waals surface area contributed by atoms with Crippen molar-refractivity contribution in [2.75, 3.05) is 31.5 Å². The van der Waals surface area contributed by atoms with Gasteiger partial charge in [-0.05, 0) is 42.8 Å². The number of rotatable bonds is 6. The molecular formula is C22H30N4OS. The molecule has 0 spiro atoms. The first-order chi connectivity index (χ1) is 13.5. The summed E-state index contributed by atoms with van der Waals surface area (Å²) in [7, 11) is 0. The van der Waals surface area contributed by atoms with Crippen molar-refractivity contribution in [3.8, 4) is 0 Å². The Balaban J connectivity index is 1.30. The molecule has 4 rings (SSSR count). The van der Waals surface area contributed by atoms with Gasteiger partial charge >= 0.3 is 0 Å². The van der Waals surface area contributed by atoms with Gasteiger partial charge in [-0.3, -0.25) is 14.6 Å². The highest BCUT2D eigenvalue weighted by molar-refractivity contribution is 7.13. The summed E-state index contributed by atoms with van der Waals surface area (Å²) in [6, 6.07) is 11.2. The number of carbonyl (C=O) groups is 1. The van der Waals surface area contributed by atoms with Crippen LogP contribution in [0.15, 0.2) is 41.9 Å². The van der Waals surface area contributed by atoms with Crippen LogP contribution in [0.4, 0.5) is 5.13 Å². The lowest BCUT2D eigenvalue weighted by atomic mass is 9.66. The first-order valence-corrected chi connectivity index (χ1v) is 11.1. The number of carbonyl (C=O) groups excluding carboxylic acids is 1. The van der Waals surface area contributed by atoms with E-state index in [4.69, 9.17) is 0 Å². The van der Waals surface area contributed by atoms with Crippen LogP contribution in [0.3, 0.4) is 0 Å². The van der Waals surface area contributed by atoms with E-state index in [0.29, 0.717) is 23.6 Å². The molecule has 3 heterocycles. The Bertz CT molecular complexity index is 769. The van der Waals surface area contributed by atoms with Gasteiger partial charge in [-0.1, -0.05) is 44.2 Å². The average molecular weight is 399 g/mol. The van der Waals surface area contributed by atoms with Crippen LogP contribution in [0.1, 0.15) is 32.3 Å². The summed E-state index contributed by atoms with van der Waals surface area (Å²) in [6.07, 6.45) is 4.15. The zero-order valence-electron chi connectivity index (χ0n) is 16.8. The number of amides is 1. The van der Waals surface area contributed by atoms with E-state index in [2.05, 4.69) is 64.3 Å². The largest absolute Gasteiger partial charge is 0.301 e. The van der Waals surface area contributed by atoms with Crippen LogP contribution >= 0.6 is 11.3 Å². The van der Waals surface area contributed by atoms with Gasteiger partial charge in [0.2, 0.25) is 5.91 Å². The van der Waals surface area contributed by atoms with Crippen molar-refractivity contribution in [2.24, 2.45) is 11.3 Å². The third kappa shape index (κ3) is 4.45. The Kier molecular flexibility index (Phi) is 5.80. The van der Waals surface area contributed by atoms with Gasteiger partial charge in [0.1, 0.15) is 0 Å². The quantitative estimate of drug-likeness (QED) is 0.806. The first-order valence-electron chi connectivity index (χ1n) is 10.2. The lowest BCUT2D eigenvalue weighted by molar-refractivity contribution is -0.130. The van der Waals surface area contributed by atoms with Gasteiger partial charge in [-0.2, -0.15) is 0 Å². The maximum absolute atomic E-state index is 12.4. The number of benzene rings is 1. The number of nitrogens with one attached hydrogen (secondary N) is 1. The molecule has 2 aliphatic heterocycles. The molecule has 0 bridgehead atoms. The molecule has 28 heavy (non-hydrogen) atoms. The van der Waals surface area contributed by atoms with E-state index in [1.807, 2.05) is 5.38 Å². The molecule has 2 aliphatic rings. The summed E-state index contributed by atoms with van der Waals surface area (Å²) in [6.45, 7) is 9.50. The smallest absolute Gasteiger partial charge is 0.240 e. The topological polar surface area (TPSA) is 48.5 Å². The molecule has 0 radical (unpaired) electrons. The third-order valence-electron chi connectivity index (χ3n) is 6.16. The second kappa shape index (κ2) is 8.31. The fourth-order valence-corrected chi connectivity index (χ4v) is 5.63. The molecule has 0 saturated carbocycles. The standard InChI is InChI=1S/C22H30N4OS/c1-22(2)16-26(15-19(27)24-21-23-10-13-28-21)20(22)18-8-11-25(12-9-18)14-17-6-4-3-5-7-17/h3-7,10,13,18,20H,8-9,11-12,14-16H2,1-2H3,(H,23,24,27). The van der Waals surface area contributed by atoms with Crippen LogP contribution in [0, 0.1) is 11.3 Å². The minimum absolute atomic E-state index is 0.0527. The van der Waals surface area contributed by atoms with Crippen molar-refractivity contribution < 1.29 is 4.79 Å². The lowest BCUT2D eigenvalue weighted by Gasteiger charge is -2.58. The van der Waals surface area contributed by atoms with Crippen molar-refractivity contribution in [3.63, 3.8) is 0 Å². The van der Waals surface area contributed by atoms with E-state index < -0.39 is 0 Å². The molecule has 150 valence electrons. The van der Waals surface area contributed by atoms with Gasteiger partial charge in [0.25, 0.3) is 0 Å². The van der Waals surface area contributed by atoms with Crippen LogP contribution in [0.5, 0.6) is 0 Å². The second-order valence-electron chi connectivity index (χ2n) is 8.82. The summed E-state index contributed by atoms with van der Waals surface area (Å²) in [5.74, 6) is 0.723. The number of aromatic nitrogens is 1. The van der Waals surface area contributed by atoms with Crippen LogP contribution in [-0.2, 0) is 11.3 Å². The highest BCUT2D eigenvalue weighted by Gasteiger charge is 2.50. The highest BCUT2D eigenvalue weighted by Crippen LogP contribution is 2.44. The molecule has 0 aliphatic carbocycles. The zero-order valence-corrected chi connectivity index (χ0v) is 17.6. The monoisotopic (exact) mass is 398 g/mol. The van der Waals surface area contributed by atoms with E-state index in [0.717, 1.165) is 26.2 Å². The van der Waals surface area contributed by atoms with Gasteiger partial charge in [0.15, 0.2) is 5.13 Å². The molecule has 1 atom stereocenters. The molecule has 1 amide bonds.